The van der Waals surface area contributed by atoms with Crippen molar-refractivity contribution >= 4 is 21.6 Å². The van der Waals surface area contributed by atoms with Crippen LogP contribution in [0.2, 0.25) is 0 Å². The molecule has 4 heteroatoms. The van der Waals surface area contributed by atoms with Gasteiger partial charge in [0.2, 0.25) is 0 Å². The Morgan fingerprint density at radius 3 is 2.89 bits per heavy atom. The van der Waals surface area contributed by atoms with Gasteiger partial charge in [-0.2, -0.15) is 5.26 Å². The number of rotatable bonds is 4. The zero-order valence-corrected chi connectivity index (χ0v) is 11.3. The number of benzene rings is 1. The van der Waals surface area contributed by atoms with E-state index < -0.39 is 0 Å². The summed E-state index contributed by atoms with van der Waals surface area (Å²) in [6.07, 6.45) is 2.62. The largest absolute Gasteiger partial charge is 0.384 e. The van der Waals surface area contributed by atoms with Crippen molar-refractivity contribution in [3.63, 3.8) is 0 Å². The molecule has 0 fully saturated rings. The first-order valence-corrected chi connectivity index (χ1v) is 6.42. The van der Waals surface area contributed by atoms with E-state index in [4.69, 9.17) is 5.26 Å². The summed E-state index contributed by atoms with van der Waals surface area (Å²) < 4.78 is 0.911. The van der Waals surface area contributed by atoms with Crippen LogP contribution in [0, 0.1) is 11.3 Å². The van der Waals surface area contributed by atoms with Gasteiger partial charge in [0, 0.05) is 29.3 Å². The maximum Gasteiger partial charge on any atom is 0.101 e. The minimum absolute atomic E-state index is 0.644. The molecular weight excluding hydrogens is 290 g/mol. The van der Waals surface area contributed by atoms with E-state index in [0.717, 1.165) is 28.8 Å². The van der Waals surface area contributed by atoms with E-state index in [-0.39, 0.29) is 0 Å². The van der Waals surface area contributed by atoms with Gasteiger partial charge in [0.05, 0.1) is 11.3 Å². The third kappa shape index (κ3) is 3.31. The van der Waals surface area contributed by atoms with Gasteiger partial charge < -0.3 is 5.32 Å². The highest BCUT2D eigenvalue weighted by atomic mass is 79.9. The average molecular weight is 302 g/mol. The van der Waals surface area contributed by atoms with Crippen LogP contribution < -0.4 is 5.32 Å². The number of hydrogen-bond donors (Lipinski definition) is 1. The minimum atomic E-state index is 0.644. The molecule has 1 aromatic carbocycles. The highest BCUT2D eigenvalue weighted by Gasteiger charge is 2.02. The van der Waals surface area contributed by atoms with Gasteiger partial charge in [0.15, 0.2) is 0 Å². The molecule has 0 bridgehead atoms. The monoisotopic (exact) mass is 301 g/mol. The average Bonchev–Trinajstić information content (AvgIpc) is 2.41. The first-order chi connectivity index (χ1) is 8.79. The zero-order chi connectivity index (χ0) is 12.8. The second-order valence-corrected chi connectivity index (χ2v) is 4.72. The molecular formula is C14H12BrN3. The third-order valence-corrected chi connectivity index (χ3v) is 3.02. The zero-order valence-electron chi connectivity index (χ0n) is 9.73. The lowest BCUT2D eigenvalue weighted by Gasteiger charge is -2.08. The van der Waals surface area contributed by atoms with Gasteiger partial charge in [-0.15, -0.1) is 0 Å². The Kier molecular flexibility index (Phi) is 4.32. The fourth-order valence-electron chi connectivity index (χ4n) is 1.63. The van der Waals surface area contributed by atoms with Crippen molar-refractivity contribution in [1.29, 1.82) is 5.26 Å². The van der Waals surface area contributed by atoms with Gasteiger partial charge in [0.25, 0.3) is 0 Å². The maximum atomic E-state index is 9.04. The summed E-state index contributed by atoms with van der Waals surface area (Å²) in [6.45, 7) is 0.757. The molecule has 2 aromatic rings. The van der Waals surface area contributed by atoms with E-state index in [0.29, 0.717) is 5.56 Å². The number of halogens is 1. The van der Waals surface area contributed by atoms with Gasteiger partial charge in [-0.25, -0.2) is 0 Å². The summed E-state index contributed by atoms with van der Waals surface area (Å²) in [7, 11) is 0. The Morgan fingerprint density at radius 1 is 1.28 bits per heavy atom. The van der Waals surface area contributed by atoms with Gasteiger partial charge in [-0.1, -0.05) is 22.0 Å². The third-order valence-electron chi connectivity index (χ3n) is 2.52. The molecule has 0 unspecified atom stereocenters. The summed E-state index contributed by atoms with van der Waals surface area (Å²) in [5.41, 5.74) is 2.54. The topological polar surface area (TPSA) is 48.7 Å². The molecule has 1 aromatic heterocycles. The van der Waals surface area contributed by atoms with Crippen molar-refractivity contribution in [2.24, 2.45) is 0 Å². The molecule has 90 valence electrons. The fourth-order valence-corrected chi connectivity index (χ4v) is 2.00. The molecule has 0 aliphatic heterocycles. The molecule has 0 spiro atoms. The fraction of sp³-hybridized carbons (Fsp3) is 0.143. The maximum absolute atomic E-state index is 9.04. The lowest BCUT2D eigenvalue weighted by atomic mass is 10.2. The highest BCUT2D eigenvalue weighted by molar-refractivity contribution is 9.10. The van der Waals surface area contributed by atoms with E-state index in [1.165, 1.54) is 0 Å². The molecule has 0 aliphatic rings. The van der Waals surface area contributed by atoms with E-state index in [1.54, 1.807) is 6.20 Å². The van der Waals surface area contributed by atoms with Crippen molar-refractivity contribution in [2.45, 2.75) is 6.42 Å². The van der Waals surface area contributed by atoms with Crippen LogP contribution in [-0.4, -0.2) is 11.5 Å². The van der Waals surface area contributed by atoms with Crippen LogP contribution in [0.25, 0.3) is 0 Å². The molecule has 0 atom stereocenters. The first kappa shape index (κ1) is 12.6. The number of hydrogen-bond acceptors (Lipinski definition) is 3. The predicted octanol–water partition coefficient (Wildman–Crippen LogP) is 3.37. The molecule has 0 saturated heterocycles. The quantitative estimate of drug-likeness (QED) is 0.942. The summed E-state index contributed by atoms with van der Waals surface area (Å²) in [6, 6.07) is 13.7. The highest BCUT2D eigenvalue weighted by Crippen LogP contribution is 2.20. The van der Waals surface area contributed by atoms with Crippen molar-refractivity contribution in [3.8, 4) is 6.07 Å². The number of anilines is 1. The summed E-state index contributed by atoms with van der Waals surface area (Å²) in [5.74, 6) is 0. The second kappa shape index (κ2) is 6.18. The Labute approximate surface area is 115 Å². The number of pyridine rings is 1. The van der Waals surface area contributed by atoms with Crippen LogP contribution in [0.1, 0.15) is 11.3 Å². The van der Waals surface area contributed by atoms with Gasteiger partial charge in [-0.05, 0) is 30.3 Å². The normalized spacial score (nSPS) is 9.78. The minimum Gasteiger partial charge on any atom is -0.384 e. The molecule has 0 saturated carbocycles. The molecule has 0 radical (unpaired) electrons. The SMILES string of the molecule is N#Cc1cc(Br)ccc1NCCc1ccccn1. The van der Waals surface area contributed by atoms with Crippen LogP contribution in [0.5, 0.6) is 0 Å². The lowest BCUT2D eigenvalue weighted by molar-refractivity contribution is 0.961. The van der Waals surface area contributed by atoms with Gasteiger partial charge in [-0.3, -0.25) is 4.98 Å². The van der Waals surface area contributed by atoms with Crippen LogP contribution in [-0.2, 0) is 6.42 Å². The van der Waals surface area contributed by atoms with Gasteiger partial charge >= 0.3 is 0 Å². The molecule has 1 N–H and O–H groups in total. The second-order valence-electron chi connectivity index (χ2n) is 3.80. The van der Waals surface area contributed by atoms with E-state index >= 15 is 0 Å². The molecule has 3 nitrogen and oxygen atoms in total. The molecule has 18 heavy (non-hydrogen) atoms. The standard InChI is InChI=1S/C14H12BrN3/c15-12-4-5-14(11(9-12)10-16)18-8-6-13-3-1-2-7-17-13/h1-5,7,9,18H,6,8H2. The molecule has 0 aliphatic carbocycles. The smallest absolute Gasteiger partial charge is 0.101 e. The Morgan fingerprint density at radius 2 is 2.17 bits per heavy atom. The van der Waals surface area contributed by atoms with E-state index in [9.17, 15) is 0 Å². The molecule has 1 heterocycles. The Balaban J connectivity index is 1.97. The number of aromatic nitrogens is 1. The number of nitrogens with one attached hydrogen (secondary N) is 1. The van der Waals surface area contributed by atoms with E-state index in [2.05, 4.69) is 32.3 Å². The Hall–Kier alpha value is -1.86. The lowest BCUT2D eigenvalue weighted by Crippen LogP contribution is -2.07. The van der Waals surface area contributed by atoms with Crippen LogP contribution >= 0.6 is 15.9 Å². The van der Waals surface area contributed by atoms with Crippen molar-refractivity contribution < 1.29 is 0 Å². The molecule has 2 rings (SSSR count). The number of nitrogens with zero attached hydrogens (tertiary/aromatic N) is 2. The van der Waals surface area contributed by atoms with E-state index in [1.807, 2.05) is 36.4 Å². The van der Waals surface area contributed by atoms with Crippen molar-refractivity contribution in [3.05, 3.63) is 58.3 Å². The summed E-state index contributed by atoms with van der Waals surface area (Å²) in [5, 5.41) is 12.3. The van der Waals surface area contributed by atoms with Crippen molar-refractivity contribution in [2.75, 3.05) is 11.9 Å². The number of nitriles is 1. The van der Waals surface area contributed by atoms with Crippen molar-refractivity contribution in [1.82, 2.24) is 4.98 Å². The molecule has 0 amide bonds. The summed E-state index contributed by atoms with van der Waals surface area (Å²) in [4.78, 5) is 4.25. The van der Waals surface area contributed by atoms with Crippen LogP contribution in [0.4, 0.5) is 5.69 Å². The summed E-state index contributed by atoms with van der Waals surface area (Å²) >= 11 is 3.35. The Bertz CT molecular complexity index is 561. The first-order valence-electron chi connectivity index (χ1n) is 5.63. The van der Waals surface area contributed by atoms with Gasteiger partial charge in [0.1, 0.15) is 6.07 Å². The predicted molar refractivity (Wildman–Crippen MR) is 75.3 cm³/mol. The van der Waals surface area contributed by atoms with Crippen LogP contribution in [0.15, 0.2) is 47.1 Å². The van der Waals surface area contributed by atoms with Crippen LogP contribution in [0.3, 0.4) is 0 Å².